The number of anilines is 1. The molecule has 1 fully saturated rings. The molecule has 198 valence electrons. The van der Waals surface area contributed by atoms with Crippen LogP contribution in [-0.4, -0.2) is 65.9 Å². The number of nitrogens with zero attached hydrogens (tertiary/aromatic N) is 2. The zero-order chi connectivity index (χ0) is 26.0. The standard InChI is InChI=1S/C32H37N2O4/c1-33-31-8-4-2-6-29(31)28(30-7-3-5-9-32(30)33)15-12-26-10-13-27(14-11-26)34-16-18-35-20-22-37-24-25-38-23-21-36-19-17-34/h2-15H,16-25H2,1H3/q+1. The van der Waals surface area contributed by atoms with Gasteiger partial charge in [0.05, 0.1) is 63.6 Å². The molecule has 4 aromatic rings. The second-order valence-electron chi connectivity index (χ2n) is 9.37. The molecule has 0 atom stereocenters. The van der Waals surface area contributed by atoms with Gasteiger partial charge in [-0.1, -0.05) is 48.6 Å². The first-order chi connectivity index (χ1) is 18.8. The zero-order valence-electron chi connectivity index (χ0n) is 22.2. The van der Waals surface area contributed by atoms with Gasteiger partial charge in [0, 0.05) is 36.5 Å². The number of fused-ring (bicyclic) bond motifs is 2. The van der Waals surface area contributed by atoms with E-state index < -0.39 is 0 Å². The maximum absolute atomic E-state index is 5.79. The molecule has 38 heavy (non-hydrogen) atoms. The van der Waals surface area contributed by atoms with Crippen LogP contribution in [0.15, 0.2) is 72.8 Å². The number of rotatable bonds is 3. The van der Waals surface area contributed by atoms with Gasteiger partial charge < -0.3 is 23.8 Å². The summed E-state index contributed by atoms with van der Waals surface area (Å²) < 4.78 is 24.9. The van der Waals surface area contributed by atoms with Gasteiger partial charge in [-0.25, -0.2) is 0 Å². The number of aryl methyl sites for hydroxylation is 1. The fourth-order valence-corrected chi connectivity index (χ4v) is 4.90. The highest BCUT2D eigenvalue weighted by atomic mass is 16.6. The Labute approximate surface area is 225 Å². The number of aromatic nitrogens is 1. The molecule has 0 spiro atoms. The van der Waals surface area contributed by atoms with Crippen molar-refractivity contribution < 1.29 is 23.5 Å². The van der Waals surface area contributed by atoms with Crippen LogP contribution in [0.5, 0.6) is 0 Å². The van der Waals surface area contributed by atoms with E-state index in [0.717, 1.165) is 24.3 Å². The second kappa shape index (κ2) is 13.5. The van der Waals surface area contributed by atoms with E-state index in [4.69, 9.17) is 18.9 Å². The molecule has 0 saturated carbocycles. The Kier molecular flexibility index (Phi) is 9.34. The number of ether oxygens (including phenoxy) is 4. The molecule has 1 aliphatic heterocycles. The molecule has 1 aromatic heterocycles. The summed E-state index contributed by atoms with van der Waals surface area (Å²) in [5.74, 6) is 0. The van der Waals surface area contributed by atoms with E-state index in [9.17, 15) is 0 Å². The van der Waals surface area contributed by atoms with Gasteiger partial charge in [-0.3, -0.25) is 0 Å². The van der Waals surface area contributed by atoms with Crippen molar-refractivity contribution in [3.63, 3.8) is 0 Å². The van der Waals surface area contributed by atoms with E-state index in [0.29, 0.717) is 52.9 Å². The molecule has 6 heteroatoms. The Morgan fingerprint density at radius 2 is 1.05 bits per heavy atom. The minimum absolute atomic E-state index is 0.588. The highest BCUT2D eigenvalue weighted by molar-refractivity contribution is 6.01. The number of benzene rings is 3. The Morgan fingerprint density at radius 1 is 0.579 bits per heavy atom. The van der Waals surface area contributed by atoms with Crippen LogP contribution >= 0.6 is 0 Å². The molecule has 0 aliphatic carbocycles. The highest BCUT2D eigenvalue weighted by Gasteiger charge is 2.15. The van der Waals surface area contributed by atoms with Gasteiger partial charge >= 0.3 is 0 Å². The first-order valence-corrected chi connectivity index (χ1v) is 13.4. The van der Waals surface area contributed by atoms with Crippen LogP contribution in [-0.2, 0) is 26.0 Å². The fraction of sp³-hybridized carbons (Fsp3) is 0.344. The molecule has 0 amide bonds. The van der Waals surface area contributed by atoms with Gasteiger partial charge in [0.1, 0.15) is 7.05 Å². The lowest BCUT2D eigenvalue weighted by molar-refractivity contribution is -0.617. The fourth-order valence-electron chi connectivity index (χ4n) is 4.90. The molecule has 0 unspecified atom stereocenters. The monoisotopic (exact) mass is 513 g/mol. The number of para-hydroxylation sites is 2. The van der Waals surface area contributed by atoms with Gasteiger partial charge in [0.25, 0.3) is 0 Å². The lowest BCUT2D eigenvalue weighted by Crippen LogP contribution is -2.31. The molecule has 1 aliphatic rings. The number of hydrogen-bond acceptors (Lipinski definition) is 5. The van der Waals surface area contributed by atoms with E-state index in [-0.39, 0.29) is 0 Å². The molecule has 0 N–H and O–H groups in total. The van der Waals surface area contributed by atoms with Crippen molar-refractivity contribution in [1.29, 1.82) is 0 Å². The Hall–Kier alpha value is -3.29. The van der Waals surface area contributed by atoms with Crippen molar-refractivity contribution in [3.8, 4) is 0 Å². The molecule has 0 radical (unpaired) electrons. The van der Waals surface area contributed by atoms with Gasteiger partial charge in [0.2, 0.25) is 11.0 Å². The highest BCUT2D eigenvalue weighted by Crippen LogP contribution is 2.27. The van der Waals surface area contributed by atoms with Crippen LogP contribution < -0.4 is 9.47 Å². The van der Waals surface area contributed by atoms with E-state index in [1.54, 1.807) is 0 Å². The zero-order valence-corrected chi connectivity index (χ0v) is 22.2. The predicted octanol–water partition coefficient (Wildman–Crippen LogP) is 4.87. The van der Waals surface area contributed by atoms with Crippen molar-refractivity contribution in [2.45, 2.75) is 0 Å². The van der Waals surface area contributed by atoms with Gasteiger partial charge in [-0.15, -0.1) is 0 Å². The first kappa shape index (κ1) is 26.3. The third kappa shape index (κ3) is 6.58. The minimum Gasteiger partial charge on any atom is -0.377 e. The summed E-state index contributed by atoms with van der Waals surface area (Å²) in [6.45, 7) is 6.43. The molecule has 6 nitrogen and oxygen atoms in total. The summed E-state index contributed by atoms with van der Waals surface area (Å²) in [4.78, 5) is 2.31. The summed E-state index contributed by atoms with van der Waals surface area (Å²) in [6, 6.07) is 25.9. The Bertz CT molecular complexity index is 1280. The Morgan fingerprint density at radius 3 is 1.58 bits per heavy atom. The van der Waals surface area contributed by atoms with Crippen LogP contribution in [0.2, 0.25) is 0 Å². The topological polar surface area (TPSA) is 44.0 Å². The summed E-state index contributed by atoms with van der Waals surface area (Å²) >= 11 is 0. The van der Waals surface area contributed by atoms with Crippen molar-refractivity contribution >= 4 is 39.6 Å². The van der Waals surface area contributed by atoms with E-state index in [1.165, 1.54) is 27.4 Å². The molecule has 1 saturated heterocycles. The quantitative estimate of drug-likeness (QED) is 0.289. The number of pyridine rings is 1. The second-order valence-corrected chi connectivity index (χ2v) is 9.37. The van der Waals surface area contributed by atoms with Crippen LogP contribution in [0.1, 0.15) is 11.1 Å². The van der Waals surface area contributed by atoms with Gasteiger partial charge in [0.15, 0.2) is 0 Å². The van der Waals surface area contributed by atoms with E-state index >= 15 is 0 Å². The van der Waals surface area contributed by atoms with Crippen molar-refractivity contribution in [1.82, 2.24) is 0 Å². The minimum atomic E-state index is 0.588. The summed E-state index contributed by atoms with van der Waals surface area (Å²) in [6.07, 6.45) is 4.45. The smallest absolute Gasteiger partial charge is 0.213 e. The SMILES string of the molecule is C[n+]1c2ccccc2c(/C=C/c2ccc(N3CCOCCOCCOCCOCC3)cc2)c2ccccc21. The van der Waals surface area contributed by atoms with Crippen molar-refractivity contribution in [3.05, 3.63) is 83.9 Å². The largest absolute Gasteiger partial charge is 0.377 e. The molecule has 3 aromatic carbocycles. The Balaban J connectivity index is 1.33. The van der Waals surface area contributed by atoms with Crippen molar-refractivity contribution in [2.75, 3.05) is 70.8 Å². The van der Waals surface area contributed by atoms with E-state index in [1.807, 2.05) is 0 Å². The molecule has 2 heterocycles. The van der Waals surface area contributed by atoms with Gasteiger partial charge in [-0.05, 0) is 29.8 Å². The third-order valence-electron chi connectivity index (χ3n) is 6.94. The van der Waals surface area contributed by atoms with Crippen LogP contribution in [0.3, 0.4) is 0 Å². The first-order valence-electron chi connectivity index (χ1n) is 13.4. The predicted molar refractivity (Wildman–Crippen MR) is 153 cm³/mol. The van der Waals surface area contributed by atoms with Crippen molar-refractivity contribution in [2.24, 2.45) is 7.05 Å². The van der Waals surface area contributed by atoms with E-state index in [2.05, 4.69) is 101 Å². The van der Waals surface area contributed by atoms with Crippen LogP contribution in [0.4, 0.5) is 5.69 Å². The van der Waals surface area contributed by atoms with Crippen LogP contribution in [0.25, 0.3) is 34.0 Å². The maximum atomic E-state index is 5.79. The van der Waals surface area contributed by atoms with Gasteiger partial charge in [-0.2, -0.15) is 4.57 Å². The van der Waals surface area contributed by atoms with Crippen LogP contribution in [0, 0.1) is 0 Å². The molecular formula is C32H37N2O4+. The summed E-state index contributed by atoms with van der Waals surface area (Å²) in [5, 5.41) is 2.50. The maximum Gasteiger partial charge on any atom is 0.213 e. The average molecular weight is 514 g/mol. The molecule has 0 bridgehead atoms. The number of hydrogen-bond donors (Lipinski definition) is 0. The molecule has 5 rings (SSSR count). The summed E-state index contributed by atoms with van der Waals surface area (Å²) in [7, 11) is 2.14. The lowest BCUT2D eigenvalue weighted by atomic mass is 10.0. The normalized spacial score (nSPS) is 17.0. The summed E-state index contributed by atoms with van der Waals surface area (Å²) in [5.41, 5.74) is 6.01. The lowest BCUT2D eigenvalue weighted by Gasteiger charge is -2.25. The third-order valence-corrected chi connectivity index (χ3v) is 6.94. The molecular weight excluding hydrogens is 476 g/mol. The average Bonchev–Trinajstić information content (AvgIpc) is 2.97.